The van der Waals surface area contributed by atoms with E-state index < -0.39 is 16.1 Å². The van der Waals surface area contributed by atoms with Crippen LogP contribution in [0.1, 0.15) is 103 Å². The van der Waals surface area contributed by atoms with Crippen molar-refractivity contribution in [3.63, 3.8) is 0 Å². The first-order valence-electron chi connectivity index (χ1n) is 13.3. The van der Waals surface area contributed by atoms with Crippen molar-refractivity contribution in [2.24, 2.45) is 0 Å². The van der Waals surface area contributed by atoms with E-state index in [2.05, 4.69) is 14.2 Å². The molecule has 34 heavy (non-hydrogen) atoms. The van der Waals surface area contributed by atoms with Crippen molar-refractivity contribution in [3.8, 4) is 0 Å². The maximum absolute atomic E-state index is 13.1. The minimum Gasteiger partial charge on any atom is -0.353 e. The second-order valence-corrected chi connectivity index (χ2v) is 11.9. The van der Waals surface area contributed by atoms with E-state index in [0.29, 0.717) is 18.7 Å². The molecule has 1 heterocycles. The third-order valence-electron chi connectivity index (χ3n) is 7.21. The van der Waals surface area contributed by atoms with Gasteiger partial charge in [0.1, 0.15) is 6.10 Å². The number of amides is 1. The number of hydrogen-bond donors (Lipinski definition) is 1. The summed E-state index contributed by atoms with van der Waals surface area (Å²) in [5, 5.41) is 0. The van der Waals surface area contributed by atoms with E-state index in [9.17, 15) is 13.2 Å². The Balaban J connectivity index is 1.58. The molecule has 1 aliphatic carbocycles. The maximum Gasteiger partial charge on any atom is 0.256 e. The summed E-state index contributed by atoms with van der Waals surface area (Å²) in [5.74, 6) is -0.0882. The van der Waals surface area contributed by atoms with Crippen LogP contribution >= 0.6 is 9.47 Å². The summed E-state index contributed by atoms with van der Waals surface area (Å²) in [7, 11) is -1.45. The molecule has 0 radical (unpaired) electrons. The average molecular weight is 511 g/mol. The van der Waals surface area contributed by atoms with Crippen LogP contribution in [0.3, 0.4) is 0 Å². The first-order chi connectivity index (χ1) is 16.5. The van der Waals surface area contributed by atoms with Gasteiger partial charge in [0.2, 0.25) is 10.0 Å². The van der Waals surface area contributed by atoms with Crippen LogP contribution < -0.4 is 9.62 Å². The Bertz CT molecular complexity index is 831. The average Bonchev–Trinajstić information content (AvgIpc) is 3.20. The van der Waals surface area contributed by atoms with Gasteiger partial charge < -0.3 is 9.42 Å². The number of carbonyl (C=O) groups is 1. The van der Waals surface area contributed by atoms with Crippen LogP contribution in [-0.2, 0) is 19.3 Å². The summed E-state index contributed by atoms with van der Waals surface area (Å²) >= 11 is 0. The molecule has 3 rings (SSSR count). The molecule has 2 aliphatic rings. The second-order valence-electron chi connectivity index (χ2n) is 9.89. The number of nitrogens with one attached hydrogen (secondary N) is 1. The zero-order chi connectivity index (χ0) is 24.2. The van der Waals surface area contributed by atoms with Gasteiger partial charge in [-0.3, -0.25) is 4.79 Å². The van der Waals surface area contributed by atoms with Crippen molar-refractivity contribution < 1.29 is 17.7 Å². The van der Waals surface area contributed by atoms with E-state index in [1.165, 1.54) is 70.6 Å². The Hall–Kier alpha value is -1.01. The highest BCUT2D eigenvalue weighted by molar-refractivity contribution is 7.89. The van der Waals surface area contributed by atoms with Gasteiger partial charge in [0.05, 0.1) is 4.90 Å². The molecule has 1 N–H and O–H groups in total. The molecule has 1 aromatic rings. The van der Waals surface area contributed by atoms with Gasteiger partial charge in [0.15, 0.2) is 0 Å². The van der Waals surface area contributed by atoms with E-state index in [4.69, 9.17) is 4.52 Å². The smallest absolute Gasteiger partial charge is 0.256 e. The highest BCUT2D eigenvalue weighted by Crippen LogP contribution is 2.26. The van der Waals surface area contributed by atoms with Crippen molar-refractivity contribution in [2.45, 2.75) is 120 Å². The number of carbonyl (C=O) groups excluding carboxylic acids is 1. The molecule has 0 aromatic heterocycles. The van der Waals surface area contributed by atoms with Crippen molar-refractivity contribution in [3.05, 3.63) is 24.3 Å². The van der Waals surface area contributed by atoms with Crippen molar-refractivity contribution in [1.82, 2.24) is 4.72 Å². The van der Waals surface area contributed by atoms with Crippen LogP contribution in [-0.4, -0.2) is 33.0 Å². The van der Waals surface area contributed by atoms with Gasteiger partial charge in [-0.25, -0.2) is 13.1 Å². The SMILES string of the molecule is O=C1C(OP)CCN1c1ccc(S(=O)(=O)NC2CCCCCCCCCCCCCCC2)cc1. The predicted octanol–water partition coefficient (Wildman–Crippen LogP) is 6.11. The van der Waals surface area contributed by atoms with E-state index in [1.807, 2.05) is 0 Å². The van der Waals surface area contributed by atoms with Crippen LogP contribution in [0.15, 0.2) is 29.2 Å². The van der Waals surface area contributed by atoms with Crippen LogP contribution in [0, 0.1) is 0 Å². The van der Waals surface area contributed by atoms with E-state index in [-0.39, 0.29) is 16.8 Å². The normalized spacial score (nSPS) is 23.3. The Labute approximate surface area is 208 Å². The number of hydrogen-bond acceptors (Lipinski definition) is 4. The lowest BCUT2D eigenvalue weighted by Gasteiger charge is -2.20. The summed E-state index contributed by atoms with van der Waals surface area (Å²) in [4.78, 5) is 14.3. The van der Waals surface area contributed by atoms with Crippen molar-refractivity contribution in [1.29, 1.82) is 0 Å². The van der Waals surface area contributed by atoms with Gasteiger partial charge in [0.25, 0.3) is 5.91 Å². The monoisotopic (exact) mass is 510 g/mol. The molecule has 2 fully saturated rings. The summed E-state index contributed by atoms with van der Waals surface area (Å²) < 4.78 is 34.4. The van der Waals surface area contributed by atoms with Gasteiger partial charge in [-0.05, 0) is 37.1 Å². The minimum absolute atomic E-state index is 0.0160. The fourth-order valence-corrected chi connectivity index (χ4v) is 6.67. The third-order valence-corrected chi connectivity index (χ3v) is 9.07. The minimum atomic E-state index is -3.60. The van der Waals surface area contributed by atoms with Gasteiger partial charge in [-0.15, -0.1) is 0 Å². The molecular weight excluding hydrogens is 467 g/mol. The second kappa shape index (κ2) is 14.5. The summed E-state index contributed by atoms with van der Waals surface area (Å²) in [6, 6.07) is 6.63. The molecule has 1 aliphatic heterocycles. The van der Waals surface area contributed by atoms with E-state index >= 15 is 0 Å². The number of nitrogens with zero attached hydrogens (tertiary/aromatic N) is 1. The molecule has 0 spiro atoms. The fourth-order valence-electron chi connectivity index (χ4n) is 5.12. The lowest BCUT2D eigenvalue weighted by atomic mass is 9.99. The summed E-state index contributed by atoms with van der Waals surface area (Å²) in [6.45, 7) is 0.574. The molecule has 1 saturated carbocycles. The van der Waals surface area contributed by atoms with Gasteiger partial charge >= 0.3 is 0 Å². The molecule has 0 bridgehead atoms. The van der Waals surface area contributed by atoms with E-state index in [0.717, 1.165) is 25.7 Å². The van der Waals surface area contributed by atoms with Crippen LogP contribution in [0.5, 0.6) is 0 Å². The zero-order valence-corrected chi connectivity index (χ0v) is 22.5. The topological polar surface area (TPSA) is 75.7 Å². The number of benzene rings is 1. The first kappa shape index (κ1) is 27.6. The molecule has 8 heteroatoms. The van der Waals surface area contributed by atoms with Crippen LogP contribution in [0.2, 0.25) is 0 Å². The molecule has 192 valence electrons. The molecular formula is C26H43N2O4PS. The maximum atomic E-state index is 13.1. The molecule has 2 atom stereocenters. The first-order valence-corrected chi connectivity index (χ1v) is 15.3. The molecule has 1 aromatic carbocycles. The molecule has 6 nitrogen and oxygen atoms in total. The quantitative estimate of drug-likeness (QED) is 0.485. The highest BCUT2D eigenvalue weighted by atomic mass is 32.2. The van der Waals surface area contributed by atoms with E-state index in [1.54, 1.807) is 29.2 Å². The zero-order valence-electron chi connectivity index (χ0n) is 20.6. The Morgan fingerprint density at radius 1 is 0.765 bits per heavy atom. The molecule has 2 unspecified atom stereocenters. The predicted molar refractivity (Wildman–Crippen MR) is 141 cm³/mol. The summed E-state index contributed by atoms with van der Waals surface area (Å²) in [6.07, 6.45) is 18.3. The Kier molecular flexibility index (Phi) is 11.8. The summed E-state index contributed by atoms with van der Waals surface area (Å²) in [5.41, 5.74) is 0.707. The van der Waals surface area contributed by atoms with Crippen LogP contribution in [0.25, 0.3) is 0 Å². The molecule has 1 amide bonds. The van der Waals surface area contributed by atoms with Crippen molar-refractivity contribution in [2.75, 3.05) is 11.4 Å². The lowest BCUT2D eigenvalue weighted by molar-refractivity contribution is -0.122. The standard InChI is InChI=1S/C26H43N2O4PS/c29-26-25(32-33)20-21-28(26)23-16-18-24(19-17-23)34(30,31)27-22-14-12-10-8-6-4-2-1-3-5-7-9-11-13-15-22/h16-19,22,25,27H,1-15,20-21,33H2. The van der Waals surface area contributed by atoms with Gasteiger partial charge in [0, 0.05) is 34.2 Å². The van der Waals surface area contributed by atoms with Crippen LogP contribution in [0.4, 0.5) is 5.69 Å². The Morgan fingerprint density at radius 3 is 1.68 bits per heavy atom. The van der Waals surface area contributed by atoms with Gasteiger partial charge in [-0.2, -0.15) is 0 Å². The van der Waals surface area contributed by atoms with Gasteiger partial charge in [-0.1, -0.05) is 83.5 Å². The number of sulfonamides is 1. The van der Waals surface area contributed by atoms with Crippen molar-refractivity contribution >= 4 is 31.1 Å². The largest absolute Gasteiger partial charge is 0.353 e. The highest BCUT2D eigenvalue weighted by Gasteiger charge is 2.32. The third kappa shape index (κ3) is 8.58. The fraction of sp³-hybridized carbons (Fsp3) is 0.731. The lowest BCUT2D eigenvalue weighted by Crippen LogP contribution is -2.35. The number of anilines is 1. The Morgan fingerprint density at radius 2 is 1.24 bits per heavy atom. The number of rotatable bonds is 5. The molecule has 1 saturated heterocycles.